The molecule has 0 saturated heterocycles. The summed E-state index contributed by atoms with van der Waals surface area (Å²) in [5.74, 6) is 0.0821. The fraction of sp³-hybridized carbons (Fsp3) is 0.0833. The first-order valence-corrected chi connectivity index (χ1v) is 6.40. The van der Waals surface area contributed by atoms with Crippen LogP contribution in [0.25, 0.3) is 0 Å². The van der Waals surface area contributed by atoms with Gasteiger partial charge in [-0.25, -0.2) is 4.98 Å². The Kier molecular flexibility index (Phi) is 4.13. The highest BCUT2D eigenvalue weighted by atomic mass is 79.9. The predicted molar refractivity (Wildman–Crippen MR) is 76.5 cm³/mol. The second kappa shape index (κ2) is 5.83. The van der Waals surface area contributed by atoms with Gasteiger partial charge in [-0.2, -0.15) is 0 Å². The summed E-state index contributed by atoms with van der Waals surface area (Å²) in [4.78, 5) is 24.3. The molecule has 0 radical (unpaired) electrons. The number of nitrogens with zero attached hydrogens (tertiary/aromatic N) is 3. The van der Waals surface area contributed by atoms with E-state index in [1.807, 2.05) is 0 Å². The Morgan fingerprint density at radius 3 is 2.48 bits per heavy atom. The first-order chi connectivity index (χ1) is 9.88. The standard InChI is InChI=1S/C12H8BrN3O5/c1-7-4-9(15(17)18)2-3-11(7)21-12-10(16(19)20)5-8(13)6-14-12/h2-6H,1H3. The molecule has 2 rings (SSSR count). The largest absolute Gasteiger partial charge is 0.433 e. The van der Waals surface area contributed by atoms with E-state index in [0.29, 0.717) is 10.0 Å². The predicted octanol–water partition coefficient (Wildman–Crippen LogP) is 3.76. The van der Waals surface area contributed by atoms with Gasteiger partial charge in [-0.05, 0) is 34.5 Å². The van der Waals surface area contributed by atoms with E-state index in [0.717, 1.165) is 0 Å². The van der Waals surface area contributed by atoms with Gasteiger partial charge in [0.2, 0.25) is 0 Å². The number of pyridine rings is 1. The van der Waals surface area contributed by atoms with E-state index in [2.05, 4.69) is 20.9 Å². The maximum Gasteiger partial charge on any atom is 0.332 e. The molecule has 1 aromatic carbocycles. The minimum atomic E-state index is -0.617. The van der Waals surface area contributed by atoms with Crippen LogP contribution in [0, 0.1) is 27.2 Å². The third-order valence-electron chi connectivity index (χ3n) is 2.57. The molecule has 1 aromatic heterocycles. The minimum Gasteiger partial charge on any atom is -0.433 e. The van der Waals surface area contributed by atoms with Gasteiger partial charge in [0.15, 0.2) is 0 Å². The fourth-order valence-corrected chi connectivity index (χ4v) is 1.91. The van der Waals surface area contributed by atoms with Crippen LogP contribution < -0.4 is 4.74 Å². The molecule has 108 valence electrons. The summed E-state index contributed by atoms with van der Waals surface area (Å²) in [7, 11) is 0. The van der Waals surface area contributed by atoms with Gasteiger partial charge < -0.3 is 4.74 Å². The topological polar surface area (TPSA) is 108 Å². The lowest BCUT2D eigenvalue weighted by Crippen LogP contribution is -1.97. The fourth-order valence-electron chi connectivity index (χ4n) is 1.59. The van der Waals surface area contributed by atoms with Crippen molar-refractivity contribution in [1.82, 2.24) is 4.98 Å². The summed E-state index contributed by atoms with van der Waals surface area (Å²) < 4.78 is 5.84. The molecule has 0 aliphatic rings. The van der Waals surface area contributed by atoms with Crippen LogP contribution in [0.3, 0.4) is 0 Å². The average molecular weight is 354 g/mol. The number of nitro benzene ring substituents is 1. The van der Waals surface area contributed by atoms with Crippen molar-refractivity contribution in [2.45, 2.75) is 6.92 Å². The van der Waals surface area contributed by atoms with Crippen LogP contribution >= 0.6 is 15.9 Å². The van der Waals surface area contributed by atoms with Gasteiger partial charge in [0.05, 0.1) is 9.85 Å². The van der Waals surface area contributed by atoms with Crippen LogP contribution in [-0.2, 0) is 0 Å². The van der Waals surface area contributed by atoms with Crippen molar-refractivity contribution in [2.24, 2.45) is 0 Å². The van der Waals surface area contributed by atoms with Crippen LogP contribution in [0.2, 0.25) is 0 Å². The second-order valence-electron chi connectivity index (χ2n) is 4.04. The van der Waals surface area contributed by atoms with E-state index in [-0.39, 0.29) is 23.0 Å². The summed E-state index contributed by atoms with van der Waals surface area (Å²) in [5.41, 5.74) is 0.0865. The molecule has 0 fully saturated rings. The molecular formula is C12H8BrN3O5. The summed E-state index contributed by atoms with van der Waals surface area (Å²) in [6.45, 7) is 1.60. The highest BCUT2D eigenvalue weighted by molar-refractivity contribution is 9.10. The van der Waals surface area contributed by atoms with E-state index in [4.69, 9.17) is 4.74 Å². The Balaban J connectivity index is 2.39. The van der Waals surface area contributed by atoms with Crippen molar-refractivity contribution in [3.05, 3.63) is 60.7 Å². The number of non-ortho nitro benzene ring substituents is 1. The number of halogens is 1. The number of hydrogen-bond acceptors (Lipinski definition) is 6. The molecule has 0 amide bonds. The van der Waals surface area contributed by atoms with Crippen molar-refractivity contribution in [3.8, 4) is 11.6 Å². The molecule has 0 unspecified atom stereocenters. The molecule has 2 aromatic rings. The molecule has 0 atom stereocenters. The Labute approximate surface area is 126 Å². The van der Waals surface area contributed by atoms with Crippen molar-refractivity contribution >= 4 is 27.3 Å². The summed E-state index contributed by atoms with van der Waals surface area (Å²) in [5, 5.41) is 21.6. The second-order valence-corrected chi connectivity index (χ2v) is 4.96. The van der Waals surface area contributed by atoms with Crippen LogP contribution in [0.1, 0.15) is 5.56 Å². The Hall–Kier alpha value is -2.55. The molecular weight excluding hydrogens is 346 g/mol. The lowest BCUT2D eigenvalue weighted by atomic mass is 10.2. The maximum absolute atomic E-state index is 11.0. The SMILES string of the molecule is Cc1cc([N+](=O)[O-])ccc1Oc1ncc(Br)cc1[N+](=O)[O-]. The first kappa shape index (κ1) is 14.9. The first-order valence-electron chi connectivity index (χ1n) is 5.61. The molecule has 0 saturated carbocycles. The maximum atomic E-state index is 11.0. The molecule has 8 nitrogen and oxygen atoms in total. The third-order valence-corrected chi connectivity index (χ3v) is 3.01. The van der Waals surface area contributed by atoms with E-state index < -0.39 is 9.85 Å². The van der Waals surface area contributed by atoms with Crippen LogP contribution in [-0.4, -0.2) is 14.8 Å². The molecule has 0 aliphatic carbocycles. The zero-order valence-electron chi connectivity index (χ0n) is 10.6. The number of aromatic nitrogens is 1. The zero-order valence-corrected chi connectivity index (χ0v) is 12.2. The van der Waals surface area contributed by atoms with Crippen molar-refractivity contribution < 1.29 is 14.6 Å². The molecule has 0 bridgehead atoms. The molecule has 1 heterocycles. The summed E-state index contributed by atoms with van der Waals surface area (Å²) in [6.07, 6.45) is 1.36. The summed E-state index contributed by atoms with van der Waals surface area (Å²) >= 11 is 3.09. The molecule has 0 aliphatic heterocycles. The number of aryl methyl sites for hydroxylation is 1. The monoisotopic (exact) mass is 353 g/mol. The smallest absolute Gasteiger partial charge is 0.332 e. The number of hydrogen-bond donors (Lipinski definition) is 0. The number of ether oxygens (including phenoxy) is 1. The van der Waals surface area contributed by atoms with Crippen molar-refractivity contribution in [3.63, 3.8) is 0 Å². The van der Waals surface area contributed by atoms with Crippen molar-refractivity contribution in [1.29, 1.82) is 0 Å². The molecule has 21 heavy (non-hydrogen) atoms. The minimum absolute atomic E-state index is 0.0851. The highest BCUT2D eigenvalue weighted by Crippen LogP contribution is 2.33. The van der Waals surface area contributed by atoms with E-state index in [9.17, 15) is 20.2 Å². The molecule has 9 heteroatoms. The third kappa shape index (κ3) is 3.31. The molecule has 0 N–H and O–H groups in total. The number of nitro groups is 2. The van der Waals surface area contributed by atoms with Gasteiger partial charge >= 0.3 is 5.69 Å². The Morgan fingerprint density at radius 2 is 1.90 bits per heavy atom. The lowest BCUT2D eigenvalue weighted by molar-refractivity contribution is -0.386. The normalized spacial score (nSPS) is 10.2. The Bertz CT molecular complexity index is 735. The average Bonchev–Trinajstić information content (AvgIpc) is 2.42. The lowest BCUT2D eigenvalue weighted by Gasteiger charge is -2.08. The van der Waals surface area contributed by atoms with Gasteiger partial charge in [0, 0.05) is 28.9 Å². The van der Waals surface area contributed by atoms with Crippen LogP contribution in [0.15, 0.2) is 34.9 Å². The Morgan fingerprint density at radius 1 is 1.19 bits per heavy atom. The van der Waals surface area contributed by atoms with Gasteiger partial charge in [-0.1, -0.05) is 0 Å². The van der Waals surface area contributed by atoms with Crippen LogP contribution in [0.4, 0.5) is 11.4 Å². The number of rotatable bonds is 4. The van der Waals surface area contributed by atoms with Gasteiger partial charge in [-0.15, -0.1) is 0 Å². The van der Waals surface area contributed by atoms with E-state index in [1.54, 1.807) is 6.92 Å². The summed E-state index contributed by atoms with van der Waals surface area (Å²) in [6, 6.07) is 5.22. The van der Waals surface area contributed by atoms with Crippen molar-refractivity contribution in [2.75, 3.05) is 0 Å². The zero-order chi connectivity index (χ0) is 15.6. The van der Waals surface area contributed by atoms with Crippen LogP contribution in [0.5, 0.6) is 11.6 Å². The number of benzene rings is 1. The molecule has 0 spiro atoms. The van der Waals surface area contributed by atoms with Gasteiger partial charge in [0.1, 0.15) is 5.75 Å². The quantitative estimate of drug-likeness (QED) is 0.611. The van der Waals surface area contributed by atoms with E-state index >= 15 is 0 Å². The van der Waals surface area contributed by atoms with Gasteiger partial charge in [-0.3, -0.25) is 20.2 Å². The van der Waals surface area contributed by atoms with E-state index in [1.165, 1.54) is 30.5 Å². The van der Waals surface area contributed by atoms with Gasteiger partial charge in [0.25, 0.3) is 11.6 Å². The highest BCUT2D eigenvalue weighted by Gasteiger charge is 2.19.